The molecule has 0 aliphatic heterocycles. The van der Waals surface area contributed by atoms with E-state index in [1.807, 2.05) is 36.4 Å². The normalized spacial score (nSPS) is 11.6. The molecule has 1 heterocycles. The number of carbonyl (C=O) groups is 3. The van der Waals surface area contributed by atoms with Gasteiger partial charge in [0, 0.05) is 20.6 Å². The smallest absolute Gasteiger partial charge is 0.328 e. The number of benzene rings is 3. The van der Waals surface area contributed by atoms with Crippen molar-refractivity contribution in [3.63, 3.8) is 0 Å². The molecule has 0 aliphatic carbocycles. The van der Waals surface area contributed by atoms with Crippen LogP contribution in [0.2, 0.25) is 5.02 Å². The first-order chi connectivity index (χ1) is 16.3. The molecule has 1 aromatic heterocycles. The number of halogens is 2. The average Bonchev–Trinajstić information content (AvgIpc) is 3.17. The van der Waals surface area contributed by atoms with E-state index in [1.54, 1.807) is 49.4 Å². The lowest BCUT2D eigenvalue weighted by molar-refractivity contribution is -0.137. The van der Waals surface area contributed by atoms with Crippen molar-refractivity contribution in [1.29, 1.82) is 0 Å². The third-order valence-corrected chi connectivity index (χ3v) is 5.87. The van der Waals surface area contributed by atoms with Crippen LogP contribution >= 0.6 is 27.5 Å². The fraction of sp³-hybridized carbons (Fsp3) is 0.0800. The highest BCUT2D eigenvalue weighted by Gasteiger charge is 2.22. The number of anilines is 1. The number of rotatable bonds is 5. The molecule has 3 aromatic carbocycles. The highest BCUT2D eigenvalue weighted by molar-refractivity contribution is 9.10. The number of carbonyl (C=O) groups excluding carboxylic acids is 3. The Morgan fingerprint density at radius 1 is 0.912 bits per heavy atom. The van der Waals surface area contributed by atoms with E-state index in [0.717, 1.165) is 10.0 Å². The second-order valence-corrected chi connectivity index (χ2v) is 8.93. The topological polar surface area (TPSA) is 92.2 Å². The molecule has 0 radical (unpaired) electrons. The van der Waals surface area contributed by atoms with Crippen molar-refractivity contribution < 1.29 is 14.4 Å². The Labute approximate surface area is 209 Å². The minimum absolute atomic E-state index is 0.144. The van der Waals surface area contributed by atoms with Crippen LogP contribution in [0.3, 0.4) is 0 Å². The predicted molar refractivity (Wildman–Crippen MR) is 136 cm³/mol. The monoisotopic (exact) mass is 538 g/mol. The molecular weight excluding hydrogens is 520 g/mol. The molecule has 9 heteroatoms. The number of aromatic nitrogens is 1. The minimum Gasteiger partial charge on any atom is -0.341 e. The first kappa shape index (κ1) is 23.5. The number of hydrogen-bond acceptors (Lipinski definition) is 3. The van der Waals surface area contributed by atoms with Crippen LogP contribution < -0.4 is 16.1 Å². The molecule has 34 heavy (non-hydrogen) atoms. The molecule has 0 aliphatic rings. The predicted octanol–water partition coefficient (Wildman–Crippen LogP) is 5.26. The molecular formula is C25H20BrClN4O3. The standard InChI is InChI=1S/C25H20BrClN4O3/c1-15(16-6-3-2-4-7-16)28-24(33)25(34)30-31-21-11-10-18(26)12-17(21)13-22(31)23(32)29-20-9-5-8-19(27)14-20/h2-15H,1H3,(H,28,33)(H,29,32)(H,30,34)/t15-/m1/s1. The highest BCUT2D eigenvalue weighted by atomic mass is 79.9. The van der Waals surface area contributed by atoms with Crippen LogP contribution in [-0.2, 0) is 9.59 Å². The molecule has 0 unspecified atom stereocenters. The second-order valence-electron chi connectivity index (χ2n) is 7.58. The molecule has 4 aromatic rings. The van der Waals surface area contributed by atoms with Crippen LogP contribution in [-0.4, -0.2) is 22.4 Å². The molecule has 1 atom stereocenters. The Balaban J connectivity index is 1.59. The molecule has 0 saturated carbocycles. The average molecular weight is 540 g/mol. The van der Waals surface area contributed by atoms with Gasteiger partial charge in [-0.1, -0.05) is 63.9 Å². The van der Waals surface area contributed by atoms with E-state index in [0.29, 0.717) is 21.6 Å². The van der Waals surface area contributed by atoms with Gasteiger partial charge in [-0.15, -0.1) is 0 Å². The van der Waals surface area contributed by atoms with Gasteiger partial charge in [-0.3, -0.25) is 19.8 Å². The number of hydrogen-bond donors (Lipinski definition) is 3. The van der Waals surface area contributed by atoms with Gasteiger partial charge in [0.2, 0.25) is 0 Å². The second kappa shape index (κ2) is 10.1. The molecule has 7 nitrogen and oxygen atoms in total. The van der Waals surface area contributed by atoms with Crippen molar-refractivity contribution >= 4 is 61.8 Å². The third-order valence-electron chi connectivity index (χ3n) is 5.15. The van der Waals surface area contributed by atoms with Crippen molar-refractivity contribution in [1.82, 2.24) is 9.99 Å². The van der Waals surface area contributed by atoms with E-state index in [9.17, 15) is 14.4 Å². The summed E-state index contributed by atoms with van der Waals surface area (Å²) in [6, 6.07) is 22.6. The lowest BCUT2D eigenvalue weighted by Crippen LogP contribution is -2.40. The molecule has 3 amide bonds. The number of nitrogens with zero attached hydrogens (tertiary/aromatic N) is 1. The SMILES string of the molecule is C[C@@H](NC(=O)C(=O)Nn1c(C(=O)Nc2cccc(Cl)c2)cc2cc(Br)ccc21)c1ccccc1. The van der Waals surface area contributed by atoms with Gasteiger partial charge in [-0.2, -0.15) is 0 Å². The van der Waals surface area contributed by atoms with E-state index in [2.05, 4.69) is 32.0 Å². The summed E-state index contributed by atoms with van der Waals surface area (Å²) in [5.41, 5.74) is 4.61. The van der Waals surface area contributed by atoms with Gasteiger partial charge in [-0.25, -0.2) is 4.68 Å². The van der Waals surface area contributed by atoms with E-state index in [-0.39, 0.29) is 11.7 Å². The molecule has 172 valence electrons. The van der Waals surface area contributed by atoms with E-state index < -0.39 is 17.7 Å². The molecule has 3 N–H and O–H groups in total. The van der Waals surface area contributed by atoms with Crippen molar-refractivity contribution in [2.75, 3.05) is 10.7 Å². The first-order valence-corrected chi connectivity index (χ1v) is 11.5. The molecule has 4 rings (SSSR count). The van der Waals surface area contributed by atoms with Gasteiger partial charge >= 0.3 is 11.8 Å². The Hall–Kier alpha value is -3.62. The summed E-state index contributed by atoms with van der Waals surface area (Å²) in [6.07, 6.45) is 0. The maximum atomic E-state index is 13.1. The zero-order valence-electron chi connectivity index (χ0n) is 18.0. The van der Waals surface area contributed by atoms with Gasteiger partial charge < -0.3 is 10.6 Å². The maximum absolute atomic E-state index is 13.1. The summed E-state index contributed by atoms with van der Waals surface area (Å²) in [7, 11) is 0. The summed E-state index contributed by atoms with van der Waals surface area (Å²) < 4.78 is 2.11. The summed E-state index contributed by atoms with van der Waals surface area (Å²) in [6.45, 7) is 1.78. The summed E-state index contributed by atoms with van der Waals surface area (Å²) in [5, 5.41) is 6.61. The van der Waals surface area contributed by atoms with Gasteiger partial charge in [0.15, 0.2) is 0 Å². The van der Waals surface area contributed by atoms with Gasteiger partial charge in [0.1, 0.15) is 5.69 Å². The van der Waals surface area contributed by atoms with Crippen molar-refractivity contribution in [3.8, 4) is 0 Å². The Morgan fingerprint density at radius 2 is 1.68 bits per heavy atom. The largest absolute Gasteiger partial charge is 0.341 e. The maximum Gasteiger partial charge on any atom is 0.328 e. The lowest BCUT2D eigenvalue weighted by atomic mass is 10.1. The zero-order chi connectivity index (χ0) is 24.2. The van der Waals surface area contributed by atoms with Crippen molar-refractivity contribution in [2.24, 2.45) is 0 Å². The summed E-state index contributed by atoms with van der Waals surface area (Å²) in [5.74, 6) is -2.20. The lowest BCUT2D eigenvalue weighted by Gasteiger charge is -2.16. The number of amides is 3. The zero-order valence-corrected chi connectivity index (χ0v) is 20.4. The van der Waals surface area contributed by atoms with Gasteiger partial charge in [0.05, 0.1) is 11.6 Å². The Bertz CT molecular complexity index is 1390. The summed E-state index contributed by atoms with van der Waals surface area (Å²) >= 11 is 9.43. The Morgan fingerprint density at radius 3 is 2.41 bits per heavy atom. The first-order valence-electron chi connectivity index (χ1n) is 10.4. The molecule has 0 fully saturated rings. The highest BCUT2D eigenvalue weighted by Crippen LogP contribution is 2.24. The Kier molecular flexibility index (Phi) is 7.00. The quantitative estimate of drug-likeness (QED) is 0.302. The molecule has 0 spiro atoms. The van der Waals surface area contributed by atoms with Crippen LogP contribution in [0.4, 0.5) is 5.69 Å². The van der Waals surface area contributed by atoms with Crippen molar-refractivity contribution in [2.45, 2.75) is 13.0 Å². The minimum atomic E-state index is -0.903. The van der Waals surface area contributed by atoms with Crippen LogP contribution in [0.1, 0.15) is 29.0 Å². The van der Waals surface area contributed by atoms with Crippen LogP contribution in [0, 0.1) is 0 Å². The fourth-order valence-corrected chi connectivity index (χ4v) is 4.04. The van der Waals surface area contributed by atoms with Gasteiger partial charge in [-0.05, 0) is 55.0 Å². The van der Waals surface area contributed by atoms with E-state index in [1.165, 1.54) is 4.68 Å². The molecule has 0 saturated heterocycles. The van der Waals surface area contributed by atoms with Crippen molar-refractivity contribution in [3.05, 3.63) is 99.6 Å². The van der Waals surface area contributed by atoms with Crippen LogP contribution in [0.15, 0.2) is 83.3 Å². The van der Waals surface area contributed by atoms with Gasteiger partial charge in [0.25, 0.3) is 5.91 Å². The third kappa shape index (κ3) is 5.30. The number of fused-ring (bicyclic) bond motifs is 1. The fourth-order valence-electron chi connectivity index (χ4n) is 3.47. The van der Waals surface area contributed by atoms with Crippen LogP contribution in [0.25, 0.3) is 10.9 Å². The number of nitrogens with one attached hydrogen (secondary N) is 3. The van der Waals surface area contributed by atoms with Crippen LogP contribution in [0.5, 0.6) is 0 Å². The molecule has 0 bridgehead atoms. The van der Waals surface area contributed by atoms with E-state index in [4.69, 9.17) is 11.6 Å². The summed E-state index contributed by atoms with van der Waals surface area (Å²) in [4.78, 5) is 38.4. The van der Waals surface area contributed by atoms with E-state index >= 15 is 0 Å².